The molecule has 27 heavy (non-hydrogen) atoms. The van der Waals surface area contributed by atoms with E-state index in [0.29, 0.717) is 19.4 Å². The lowest BCUT2D eigenvalue weighted by atomic mass is 10.0. The molecule has 1 aliphatic rings. The Labute approximate surface area is 158 Å². The lowest BCUT2D eigenvalue weighted by Crippen LogP contribution is -2.55. The van der Waals surface area contributed by atoms with Crippen LogP contribution >= 0.6 is 0 Å². The average molecular weight is 377 g/mol. The maximum Gasteiger partial charge on any atom is 0.336 e. The van der Waals surface area contributed by atoms with Crippen molar-refractivity contribution >= 4 is 17.8 Å². The molecule has 2 rings (SSSR count). The smallest absolute Gasteiger partial charge is 0.336 e. The van der Waals surface area contributed by atoms with Crippen LogP contribution in [-0.2, 0) is 25.5 Å². The first-order valence-electron chi connectivity index (χ1n) is 9.01. The Hall–Kier alpha value is -2.45. The van der Waals surface area contributed by atoms with E-state index in [1.165, 1.54) is 12.0 Å². The second-order valence-corrected chi connectivity index (χ2v) is 6.75. The summed E-state index contributed by atoms with van der Waals surface area (Å²) >= 11 is 0. The van der Waals surface area contributed by atoms with Crippen molar-refractivity contribution in [3.63, 3.8) is 0 Å². The first-order chi connectivity index (χ1) is 12.8. The Balaban J connectivity index is 2.14. The van der Waals surface area contributed by atoms with E-state index >= 15 is 0 Å². The molecule has 0 radical (unpaired) electrons. The fourth-order valence-corrected chi connectivity index (χ4v) is 3.24. The summed E-state index contributed by atoms with van der Waals surface area (Å²) in [5.74, 6) is -1.53. The van der Waals surface area contributed by atoms with Gasteiger partial charge in [-0.05, 0) is 31.7 Å². The lowest BCUT2D eigenvalue weighted by Gasteiger charge is -2.29. The molecule has 8 nitrogen and oxygen atoms in total. The van der Waals surface area contributed by atoms with Crippen molar-refractivity contribution in [2.75, 3.05) is 13.7 Å². The Bertz CT molecular complexity index is 665. The zero-order valence-corrected chi connectivity index (χ0v) is 15.6. The van der Waals surface area contributed by atoms with Crippen molar-refractivity contribution in [2.45, 2.75) is 50.4 Å². The molecule has 0 spiro atoms. The van der Waals surface area contributed by atoms with Crippen LogP contribution in [0.1, 0.15) is 25.3 Å². The summed E-state index contributed by atoms with van der Waals surface area (Å²) in [5.41, 5.74) is 6.51. The maximum atomic E-state index is 12.8. The number of aliphatic hydroxyl groups excluding tert-OH is 1. The zero-order valence-electron chi connectivity index (χ0n) is 15.6. The minimum Gasteiger partial charge on any atom is -0.467 e. The third kappa shape index (κ3) is 5.27. The van der Waals surface area contributed by atoms with Gasteiger partial charge in [0, 0.05) is 6.54 Å². The molecule has 2 amide bonds. The third-order valence-electron chi connectivity index (χ3n) is 4.68. The molecule has 0 bridgehead atoms. The number of carbonyl (C=O) groups is 3. The number of ether oxygens (including phenoxy) is 1. The van der Waals surface area contributed by atoms with Gasteiger partial charge < -0.3 is 25.8 Å². The fourth-order valence-electron chi connectivity index (χ4n) is 3.24. The second-order valence-electron chi connectivity index (χ2n) is 6.75. The summed E-state index contributed by atoms with van der Waals surface area (Å²) in [7, 11) is 1.17. The van der Waals surface area contributed by atoms with Gasteiger partial charge in [0.2, 0.25) is 11.8 Å². The predicted molar refractivity (Wildman–Crippen MR) is 98.5 cm³/mol. The number of benzene rings is 1. The highest BCUT2D eigenvalue weighted by atomic mass is 16.5. The number of hydrogen-bond acceptors (Lipinski definition) is 6. The first-order valence-corrected chi connectivity index (χ1v) is 9.01. The van der Waals surface area contributed by atoms with E-state index in [-0.39, 0.29) is 12.3 Å². The Morgan fingerprint density at radius 1 is 1.33 bits per heavy atom. The molecule has 0 saturated carbocycles. The molecule has 0 aromatic heterocycles. The molecule has 1 saturated heterocycles. The molecule has 1 aromatic rings. The van der Waals surface area contributed by atoms with Gasteiger partial charge >= 0.3 is 5.97 Å². The summed E-state index contributed by atoms with van der Waals surface area (Å²) < 4.78 is 4.61. The van der Waals surface area contributed by atoms with Gasteiger partial charge in [-0.3, -0.25) is 9.59 Å². The van der Waals surface area contributed by atoms with Gasteiger partial charge in [0.15, 0.2) is 6.10 Å². The second kappa shape index (κ2) is 9.48. The van der Waals surface area contributed by atoms with Gasteiger partial charge in [-0.15, -0.1) is 0 Å². The lowest BCUT2D eigenvalue weighted by molar-refractivity contribution is -0.152. The van der Waals surface area contributed by atoms with Crippen molar-refractivity contribution in [3.8, 4) is 0 Å². The number of aliphatic hydroxyl groups is 1. The normalized spacial score (nSPS) is 19.9. The van der Waals surface area contributed by atoms with Crippen LogP contribution in [0.2, 0.25) is 0 Å². The summed E-state index contributed by atoms with van der Waals surface area (Å²) in [4.78, 5) is 38.3. The largest absolute Gasteiger partial charge is 0.467 e. The van der Waals surface area contributed by atoms with E-state index in [1.54, 1.807) is 6.92 Å². The van der Waals surface area contributed by atoms with Crippen molar-refractivity contribution < 1.29 is 24.2 Å². The van der Waals surface area contributed by atoms with Crippen molar-refractivity contribution in [1.82, 2.24) is 10.2 Å². The SMILES string of the molecule is COC(=O)[C@H](O)C(Cc1ccccc1)NC(=O)[C@@H]1CCCN1C(=O)[C@H](C)N. The topological polar surface area (TPSA) is 122 Å². The minimum atomic E-state index is -1.52. The van der Waals surface area contributed by atoms with Crippen LogP contribution < -0.4 is 11.1 Å². The quantitative estimate of drug-likeness (QED) is 0.555. The van der Waals surface area contributed by atoms with Crippen LogP contribution in [0, 0.1) is 0 Å². The molecule has 1 unspecified atom stereocenters. The molecular formula is C19H27N3O5. The van der Waals surface area contributed by atoms with Crippen LogP contribution in [-0.4, -0.2) is 65.7 Å². The molecule has 1 heterocycles. The number of carbonyl (C=O) groups excluding carboxylic acids is 3. The van der Waals surface area contributed by atoms with E-state index < -0.39 is 36.1 Å². The minimum absolute atomic E-state index is 0.247. The van der Waals surface area contributed by atoms with E-state index in [1.807, 2.05) is 30.3 Å². The van der Waals surface area contributed by atoms with E-state index in [2.05, 4.69) is 10.1 Å². The molecule has 0 aliphatic carbocycles. The number of nitrogens with two attached hydrogens (primary N) is 1. The molecule has 1 fully saturated rings. The monoisotopic (exact) mass is 377 g/mol. The molecule has 4 atom stereocenters. The van der Waals surface area contributed by atoms with Crippen molar-refractivity contribution in [2.24, 2.45) is 5.73 Å². The van der Waals surface area contributed by atoms with E-state index in [0.717, 1.165) is 5.56 Å². The Morgan fingerprint density at radius 2 is 2.00 bits per heavy atom. The molecule has 4 N–H and O–H groups in total. The summed E-state index contributed by atoms with van der Waals surface area (Å²) in [6.07, 6.45) is -0.0643. The van der Waals surface area contributed by atoms with Crippen molar-refractivity contribution in [1.29, 1.82) is 0 Å². The highest BCUT2D eigenvalue weighted by Gasteiger charge is 2.37. The Kier molecular flexibility index (Phi) is 7.32. The van der Waals surface area contributed by atoms with Crippen LogP contribution in [0.5, 0.6) is 0 Å². The standard InChI is InChI=1S/C19H27N3O5/c1-12(20)18(25)22-10-6-9-15(22)17(24)21-14(16(23)19(26)27-2)11-13-7-4-3-5-8-13/h3-5,7-8,12,14-16,23H,6,9-11,20H2,1-2H3,(H,21,24)/t12-,14?,15-,16+/m0/s1. The average Bonchev–Trinajstić information content (AvgIpc) is 3.16. The number of likely N-dealkylation sites (tertiary alicyclic amines) is 1. The van der Waals surface area contributed by atoms with Gasteiger partial charge in [-0.2, -0.15) is 0 Å². The highest BCUT2D eigenvalue weighted by molar-refractivity contribution is 5.90. The van der Waals surface area contributed by atoms with Crippen LogP contribution in [0.15, 0.2) is 30.3 Å². The summed E-state index contributed by atoms with van der Waals surface area (Å²) in [6.45, 7) is 2.04. The number of amides is 2. The van der Waals surface area contributed by atoms with Gasteiger partial charge in [0.25, 0.3) is 0 Å². The van der Waals surface area contributed by atoms with Crippen LogP contribution in [0.3, 0.4) is 0 Å². The molecule has 1 aliphatic heterocycles. The molecule has 1 aromatic carbocycles. The van der Waals surface area contributed by atoms with Gasteiger partial charge in [-0.1, -0.05) is 30.3 Å². The summed E-state index contributed by atoms with van der Waals surface area (Å²) in [5, 5.41) is 13.0. The maximum absolute atomic E-state index is 12.8. The zero-order chi connectivity index (χ0) is 20.0. The Morgan fingerprint density at radius 3 is 2.59 bits per heavy atom. The first kappa shape index (κ1) is 20.9. The molecule has 148 valence electrons. The third-order valence-corrected chi connectivity index (χ3v) is 4.68. The number of methoxy groups -OCH3 is 1. The summed E-state index contributed by atoms with van der Waals surface area (Å²) in [6, 6.07) is 6.96. The van der Waals surface area contributed by atoms with Crippen LogP contribution in [0.25, 0.3) is 0 Å². The predicted octanol–water partition coefficient (Wildman–Crippen LogP) is -0.414. The van der Waals surface area contributed by atoms with Gasteiger partial charge in [0.1, 0.15) is 6.04 Å². The molecular weight excluding hydrogens is 350 g/mol. The number of nitrogens with one attached hydrogen (secondary N) is 1. The number of esters is 1. The molecule has 8 heteroatoms. The number of rotatable bonds is 7. The number of nitrogens with zero attached hydrogens (tertiary/aromatic N) is 1. The van der Waals surface area contributed by atoms with Crippen LogP contribution in [0.4, 0.5) is 0 Å². The fraction of sp³-hybridized carbons (Fsp3) is 0.526. The van der Waals surface area contributed by atoms with E-state index in [9.17, 15) is 19.5 Å². The van der Waals surface area contributed by atoms with Gasteiger partial charge in [-0.25, -0.2) is 4.79 Å². The number of hydrogen-bond donors (Lipinski definition) is 3. The van der Waals surface area contributed by atoms with Gasteiger partial charge in [0.05, 0.1) is 19.2 Å². The highest BCUT2D eigenvalue weighted by Crippen LogP contribution is 2.19. The van der Waals surface area contributed by atoms with E-state index in [4.69, 9.17) is 5.73 Å². The van der Waals surface area contributed by atoms with Crippen molar-refractivity contribution in [3.05, 3.63) is 35.9 Å².